The van der Waals surface area contributed by atoms with E-state index in [1.54, 1.807) is 0 Å². The van der Waals surface area contributed by atoms with Gasteiger partial charge in [0.15, 0.2) is 0 Å². The van der Waals surface area contributed by atoms with Gasteiger partial charge in [-0.2, -0.15) is 13.2 Å². The van der Waals surface area contributed by atoms with Crippen LogP contribution >= 0.6 is 0 Å². The summed E-state index contributed by atoms with van der Waals surface area (Å²) >= 11 is 0. The number of ether oxygens (including phenoxy) is 1. The van der Waals surface area contributed by atoms with Gasteiger partial charge in [-0.15, -0.1) is 0 Å². The molecule has 2 aromatic rings. The summed E-state index contributed by atoms with van der Waals surface area (Å²) in [4.78, 5) is 13.5. The minimum Gasteiger partial charge on any atom is -0.469 e. The lowest BCUT2D eigenvalue weighted by molar-refractivity contribution is -0.140. The Hall–Kier alpha value is -2.41. The third-order valence-corrected chi connectivity index (χ3v) is 4.62. The van der Waals surface area contributed by atoms with E-state index < -0.39 is 23.5 Å². The number of hydrogen-bond donors (Lipinski definition) is 0. The highest BCUT2D eigenvalue weighted by molar-refractivity contribution is 5.75. The molecule has 0 saturated carbocycles. The van der Waals surface area contributed by atoms with E-state index in [0.717, 1.165) is 12.1 Å². The summed E-state index contributed by atoms with van der Waals surface area (Å²) in [7, 11) is 1.25. The highest BCUT2D eigenvalue weighted by atomic mass is 19.4. The average molecular weight is 397 g/mol. The van der Waals surface area contributed by atoms with Gasteiger partial charge in [0.2, 0.25) is 0 Å². The molecule has 152 valence electrons. The molecule has 2 rings (SSSR count). The molecule has 3 nitrogen and oxygen atoms in total. The first-order chi connectivity index (χ1) is 13.2. The molecular weight excluding hydrogens is 374 g/mol. The molecule has 0 spiro atoms. The van der Waals surface area contributed by atoms with E-state index in [9.17, 15) is 22.4 Å². The molecule has 2 aromatic carbocycles. The largest absolute Gasteiger partial charge is 0.469 e. The molecule has 0 N–H and O–H groups in total. The summed E-state index contributed by atoms with van der Waals surface area (Å²) in [6, 6.07) is 7.48. The number of methoxy groups -OCH3 is 1. The van der Waals surface area contributed by atoms with Crippen molar-refractivity contribution in [3.8, 4) is 11.1 Å². The summed E-state index contributed by atoms with van der Waals surface area (Å²) < 4.78 is 58.7. The molecule has 0 fully saturated rings. The van der Waals surface area contributed by atoms with Crippen molar-refractivity contribution in [3.05, 3.63) is 58.9 Å². The number of carbonyl (C=O) groups excluding carboxylic acids is 1. The van der Waals surface area contributed by atoms with Crippen LogP contribution < -0.4 is 0 Å². The zero-order valence-electron chi connectivity index (χ0n) is 16.1. The summed E-state index contributed by atoms with van der Waals surface area (Å²) in [5, 5.41) is 0. The molecule has 0 aromatic heterocycles. The van der Waals surface area contributed by atoms with Gasteiger partial charge in [-0.3, -0.25) is 9.69 Å². The second kappa shape index (κ2) is 9.19. The minimum atomic E-state index is -4.48. The number of halogens is 4. The number of carbonyl (C=O) groups is 1. The van der Waals surface area contributed by atoms with E-state index in [4.69, 9.17) is 0 Å². The Balaban J connectivity index is 2.57. The van der Waals surface area contributed by atoms with Crippen LogP contribution in [0.1, 0.15) is 30.5 Å². The topological polar surface area (TPSA) is 29.5 Å². The molecule has 0 aliphatic heterocycles. The summed E-state index contributed by atoms with van der Waals surface area (Å²) in [5.74, 6) is -1.04. The van der Waals surface area contributed by atoms with E-state index in [1.165, 1.54) is 31.4 Å². The van der Waals surface area contributed by atoms with Crippen LogP contribution in [0.4, 0.5) is 17.6 Å². The Kier molecular flexibility index (Phi) is 7.18. The Morgan fingerprint density at radius 2 is 1.71 bits per heavy atom. The van der Waals surface area contributed by atoms with Gasteiger partial charge < -0.3 is 4.74 Å². The third kappa shape index (κ3) is 5.32. The van der Waals surface area contributed by atoms with Crippen LogP contribution in [0.25, 0.3) is 11.1 Å². The molecule has 28 heavy (non-hydrogen) atoms. The SMILES string of the molecule is CCN(CC)Cc1cc(C(F)(F)F)ccc1-c1cc(CC(=O)OC)ccc1F. The molecule has 0 amide bonds. The van der Waals surface area contributed by atoms with Crippen LogP contribution in [0, 0.1) is 5.82 Å². The van der Waals surface area contributed by atoms with E-state index >= 15 is 0 Å². The normalized spacial score (nSPS) is 11.7. The number of hydrogen-bond acceptors (Lipinski definition) is 3. The second-order valence-corrected chi connectivity index (χ2v) is 6.40. The first-order valence-corrected chi connectivity index (χ1v) is 8.97. The highest BCUT2D eigenvalue weighted by Gasteiger charge is 2.31. The van der Waals surface area contributed by atoms with Gasteiger partial charge in [-0.25, -0.2) is 4.39 Å². The van der Waals surface area contributed by atoms with Crippen molar-refractivity contribution in [1.29, 1.82) is 0 Å². The molecule has 0 heterocycles. The Morgan fingerprint density at radius 1 is 1.04 bits per heavy atom. The number of benzene rings is 2. The molecule has 0 aliphatic rings. The van der Waals surface area contributed by atoms with Gasteiger partial charge in [-0.05, 0) is 54.0 Å². The van der Waals surface area contributed by atoms with Crippen LogP contribution in [-0.2, 0) is 28.7 Å². The molecular formula is C21H23F4NO2. The lowest BCUT2D eigenvalue weighted by Crippen LogP contribution is -2.23. The Labute approximate surface area is 161 Å². The van der Waals surface area contributed by atoms with Gasteiger partial charge in [0.05, 0.1) is 19.1 Å². The lowest BCUT2D eigenvalue weighted by Gasteiger charge is -2.22. The Bertz CT molecular complexity index is 830. The minimum absolute atomic E-state index is 0.0458. The monoisotopic (exact) mass is 397 g/mol. The number of rotatable bonds is 7. The van der Waals surface area contributed by atoms with Crippen LogP contribution in [0.3, 0.4) is 0 Å². The van der Waals surface area contributed by atoms with Crippen LogP contribution in [0.5, 0.6) is 0 Å². The van der Waals surface area contributed by atoms with Crippen molar-refractivity contribution < 1.29 is 27.1 Å². The predicted molar refractivity (Wildman–Crippen MR) is 99.2 cm³/mol. The van der Waals surface area contributed by atoms with Gasteiger partial charge in [-0.1, -0.05) is 26.0 Å². The zero-order valence-corrected chi connectivity index (χ0v) is 16.1. The Morgan fingerprint density at radius 3 is 2.29 bits per heavy atom. The second-order valence-electron chi connectivity index (χ2n) is 6.40. The molecule has 0 atom stereocenters. The molecule has 0 radical (unpaired) electrons. The molecule has 0 saturated heterocycles. The fraction of sp³-hybridized carbons (Fsp3) is 0.381. The van der Waals surface area contributed by atoms with E-state index in [1.807, 2.05) is 18.7 Å². The van der Waals surface area contributed by atoms with Crippen molar-refractivity contribution in [3.63, 3.8) is 0 Å². The average Bonchev–Trinajstić information content (AvgIpc) is 2.66. The fourth-order valence-corrected chi connectivity index (χ4v) is 2.98. The fourth-order valence-electron chi connectivity index (χ4n) is 2.98. The van der Waals surface area contributed by atoms with Crippen molar-refractivity contribution in [2.45, 2.75) is 33.0 Å². The molecule has 0 aliphatic carbocycles. The lowest BCUT2D eigenvalue weighted by atomic mass is 9.94. The summed E-state index contributed by atoms with van der Waals surface area (Å²) in [6.07, 6.45) is -4.53. The van der Waals surface area contributed by atoms with Gasteiger partial charge in [0, 0.05) is 12.1 Å². The first-order valence-electron chi connectivity index (χ1n) is 8.97. The quantitative estimate of drug-likeness (QED) is 0.483. The highest BCUT2D eigenvalue weighted by Crippen LogP contribution is 2.35. The van der Waals surface area contributed by atoms with Gasteiger partial charge in [0.1, 0.15) is 5.82 Å². The zero-order chi connectivity index (χ0) is 20.9. The number of alkyl halides is 3. The third-order valence-electron chi connectivity index (χ3n) is 4.62. The molecule has 0 bridgehead atoms. The van der Waals surface area contributed by atoms with Crippen molar-refractivity contribution >= 4 is 5.97 Å². The van der Waals surface area contributed by atoms with Crippen LogP contribution in [-0.4, -0.2) is 31.1 Å². The van der Waals surface area contributed by atoms with E-state index in [2.05, 4.69) is 4.74 Å². The van der Waals surface area contributed by atoms with E-state index in [0.29, 0.717) is 29.8 Å². The smallest absolute Gasteiger partial charge is 0.416 e. The van der Waals surface area contributed by atoms with Gasteiger partial charge in [0.25, 0.3) is 0 Å². The maximum atomic E-state index is 14.5. The van der Waals surface area contributed by atoms with Crippen molar-refractivity contribution in [2.75, 3.05) is 20.2 Å². The predicted octanol–water partition coefficient (Wildman–Crippen LogP) is 5.07. The number of esters is 1. The maximum absolute atomic E-state index is 14.5. The molecule has 7 heteroatoms. The van der Waals surface area contributed by atoms with Gasteiger partial charge >= 0.3 is 12.1 Å². The number of nitrogens with zero attached hydrogens (tertiary/aromatic N) is 1. The van der Waals surface area contributed by atoms with Crippen molar-refractivity contribution in [1.82, 2.24) is 4.90 Å². The van der Waals surface area contributed by atoms with E-state index in [-0.39, 0.29) is 18.5 Å². The summed E-state index contributed by atoms with van der Waals surface area (Å²) in [6.45, 7) is 5.38. The van der Waals surface area contributed by atoms with Crippen molar-refractivity contribution in [2.24, 2.45) is 0 Å². The van der Waals surface area contributed by atoms with Crippen LogP contribution in [0.2, 0.25) is 0 Å². The maximum Gasteiger partial charge on any atom is 0.416 e. The molecule has 0 unspecified atom stereocenters. The van der Waals surface area contributed by atoms with Crippen LogP contribution in [0.15, 0.2) is 36.4 Å². The standard InChI is InChI=1S/C21H23F4NO2/c1-4-26(5-2)13-15-12-16(21(23,24)25)7-8-17(15)18-10-14(6-9-19(18)22)11-20(27)28-3/h6-10,12H,4-5,11,13H2,1-3H3. The first kappa shape index (κ1) is 21.9. The summed E-state index contributed by atoms with van der Waals surface area (Å²) in [5.41, 5.74) is 0.676.